The van der Waals surface area contributed by atoms with Gasteiger partial charge in [0.1, 0.15) is 0 Å². The Labute approximate surface area is 191 Å². The standard InChI is InChI=1S/C23H26F3N3O3S/c24-23(25,26)19-7-5-17(6-8-19)16-28-11-2-12-29(14-13-28)33(31,32)20-9-10-21-18(15-20)3-1-4-22(30)27-21/h5-10,15H,1-4,11-14,16H2,(H,27,30). The molecule has 1 saturated heterocycles. The molecule has 2 aromatic rings. The molecule has 0 radical (unpaired) electrons. The molecule has 1 amide bonds. The van der Waals surface area contributed by atoms with E-state index >= 15 is 0 Å². The van der Waals surface area contributed by atoms with Crippen LogP contribution in [0.4, 0.5) is 18.9 Å². The molecule has 2 heterocycles. The minimum atomic E-state index is -4.36. The Balaban J connectivity index is 1.43. The molecule has 10 heteroatoms. The third-order valence-corrected chi connectivity index (χ3v) is 7.97. The average molecular weight is 482 g/mol. The Morgan fingerprint density at radius 1 is 0.909 bits per heavy atom. The molecule has 1 fully saturated rings. The molecule has 4 rings (SSSR count). The second kappa shape index (κ2) is 9.44. The van der Waals surface area contributed by atoms with E-state index in [0.29, 0.717) is 64.1 Å². The minimum absolute atomic E-state index is 0.0648. The van der Waals surface area contributed by atoms with E-state index < -0.39 is 21.8 Å². The van der Waals surface area contributed by atoms with Crippen molar-refractivity contribution < 1.29 is 26.4 Å². The van der Waals surface area contributed by atoms with Crippen LogP contribution in [0, 0.1) is 0 Å². The highest BCUT2D eigenvalue weighted by atomic mass is 32.2. The summed E-state index contributed by atoms with van der Waals surface area (Å²) in [7, 11) is -3.69. The van der Waals surface area contributed by atoms with E-state index in [2.05, 4.69) is 10.2 Å². The quantitative estimate of drug-likeness (QED) is 0.720. The van der Waals surface area contributed by atoms with Crippen molar-refractivity contribution in [2.75, 3.05) is 31.5 Å². The van der Waals surface area contributed by atoms with Crippen LogP contribution >= 0.6 is 0 Å². The molecule has 1 N–H and O–H groups in total. The molecule has 2 aliphatic rings. The number of fused-ring (bicyclic) bond motifs is 1. The Hall–Kier alpha value is -2.43. The molecule has 0 atom stereocenters. The van der Waals surface area contributed by atoms with Gasteiger partial charge in [-0.1, -0.05) is 12.1 Å². The number of anilines is 1. The first kappa shape index (κ1) is 23.7. The monoisotopic (exact) mass is 481 g/mol. The highest BCUT2D eigenvalue weighted by molar-refractivity contribution is 7.89. The summed E-state index contributed by atoms with van der Waals surface area (Å²) in [6, 6.07) is 9.93. The first-order valence-electron chi connectivity index (χ1n) is 10.9. The van der Waals surface area contributed by atoms with Crippen molar-refractivity contribution in [2.24, 2.45) is 0 Å². The number of carbonyl (C=O) groups is 1. The zero-order chi connectivity index (χ0) is 23.6. The summed E-state index contributed by atoms with van der Waals surface area (Å²) in [5.41, 5.74) is 1.56. The number of hydrogen-bond donors (Lipinski definition) is 1. The fourth-order valence-corrected chi connectivity index (χ4v) is 5.78. The smallest absolute Gasteiger partial charge is 0.326 e. The van der Waals surface area contributed by atoms with Gasteiger partial charge in [0.15, 0.2) is 0 Å². The second-order valence-electron chi connectivity index (χ2n) is 8.45. The zero-order valence-electron chi connectivity index (χ0n) is 18.1. The van der Waals surface area contributed by atoms with Crippen LogP contribution in [-0.2, 0) is 34.0 Å². The molecule has 0 spiro atoms. The maximum absolute atomic E-state index is 13.3. The number of aryl methyl sites for hydroxylation is 1. The number of halogens is 3. The van der Waals surface area contributed by atoms with Crippen molar-refractivity contribution in [2.45, 2.75) is 43.3 Å². The molecule has 0 unspecified atom stereocenters. The first-order valence-corrected chi connectivity index (χ1v) is 12.4. The van der Waals surface area contributed by atoms with E-state index in [0.717, 1.165) is 23.3 Å². The summed E-state index contributed by atoms with van der Waals surface area (Å²) in [4.78, 5) is 14.0. The number of sulfonamides is 1. The molecule has 6 nitrogen and oxygen atoms in total. The summed E-state index contributed by atoms with van der Waals surface area (Å²) in [5, 5.41) is 2.81. The first-order chi connectivity index (χ1) is 15.6. The highest BCUT2D eigenvalue weighted by Crippen LogP contribution is 2.30. The number of nitrogens with zero attached hydrogens (tertiary/aromatic N) is 2. The minimum Gasteiger partial charge on any atom is -0.326 e. The lowest BCUT2D eigenvalue weighted by molar-refractivity contribution is -0.137. The molecule has 178 valence electrons. The predicted octanol–water partition coefficient (Wildman–Crippen LogP) is 3.88. The zero-order valence-corrected chi connectivity index (χ0v) is 18.9. The van der Waals surface area contributed by atoms with E-state index in [-0.39, 0.29) is 10.8 Å². The van der Waals surface area contributed by atoms with Crippen LogP contribution in [0.25, 0.3) is 0 Å². The number of carbonyl (C=O) groups excluding carboxylic acids is 1. The Morgan fingerprint density at radius 2 is 1.67 bits per heavy atom. The fourth-order valence-electron chi connectivity index (χ4n) is 4.26. The van der Waals surface area contributed by atoms with Gasteiger partial charge in [-0.25, -0.2) is 8.42 Å². The third-order valence-electron chi connectivity index (χ3n) is 6.07. The van der Waals surface area contributed by atoms with Crippen molar-refractivity contribution in [1.82, 2.24) is 9.21 Å². The van der Waals surface area contributed by atoms with Crippen LogP contribution < -0.4 is 5.32 Å². The Bertz CT molecular complexity index is 1120. The Kier molecular flexibility index (Phi) is 6.78. The number of benzene rings is 2. The fraction of sp³-hybridized carbons (Fsp3) is 0.435. The Morgan fingerprint density at radius 3 is 2.39 bits per heavy atom. The van der Waals surface area contributed by atoms with Gasteiger partial charge in [-0.3, -0.25) is 9.69 Å². The highest BCUT2D eigenvalue weighted by Gasteiger charge is 2.30. The SMILES string of the molecule is O=C1CCCc2cc(S(=O)(=O)N3CCCN(Cc4ccc(C(F)(F)F)cc4)CC3)ccc2N1. The summed E-state index contributed by atoms with van der Waals surface area (Å²) in [6.45, 7) is 2.28. The molecule has 0 aromatic heterocycles. The molecule has 0 bridgehead atoms. The van der Waals surface area contributed by atoms with Gasteiger partial charge in [0.05, 0.1) is 10.5 Å². The van der Waals surface area contributed by atoms with E-state index in [9.17, 15) is 26.4 Å². The third kappa shape index (κ3) is 5.56. The van der Waals surface area contributed by atoms with Crippen LogP contribution in [0.2, 0.25) is 0 Å². The van der Waals surface area contributed by atoms with Gasteiger partial charge in [-0.15, -0.1) is 0 Å². The van der Waals surface area contributed by atoms with Crippen LogP contribution in [0.15, 0.2) is 47.4 Å². The maximum Gasteiger partial charge on any atom is 0.416 e. The van der Waals surface area contributed by atoms with E-state index in [1.54, 1.807) is 12.1 Å². The molecule has 2 aliphatic heterocycles. The summed E-state index contributed by atoms with van der Waals surface area (Å²) in [5.74, 6) is -0.0648. The van der Waals surface area contributed by atoms with E-state index in [1.165, 1.54) is 22.5 Å². The maximum atomic E-state index is 13.3. The molecule has 2 aromatic carbocycles. The molecular weight excluding hydrogens is 455 g/mol. The van der Waals surface area contributed by atoms with Crippen molar-refractivity contribution in [3.05, 3.63) is 59.2 Å². The van der Waals surface area contributed by atoms with Crippen molar-refractivity contribution in [3.8, 4) is 0 Å². The molecular formula is C23H26F3N3O3S. The van der Waals surface area contributed by atoms with Gasteiger partial charge in [-0.05, 0) is 67.3 Å². The summed E-state index contributed by atoms with van der Waals surface area (Å²) >= 11 is 0. The van der Waals surface area contributed by atoms with E-state index in [1.807, 2.05) is 0 Å². The van der Waals surface area contributed by atoms with Crippen LogP contribution in [0.1, 0.15) is 36.0 Å². The van der Waals surface area contributed by atoms with Gasteiger partial charge in [0, 0.05) is 38.3 Å². The van der Waals surface area contributed by atoms with Crippen LogP contribution in [0.5, 0.6) is 0 Å². The average Bonchev–Trinajstić information content (AvgIpc) is 3.11. The van der Waals surface area contributed by atoms with Crippen molar-refractivity contribution in [1.29, 1.82) is 0 Å². The number of nitrogens with one attached hydrogen (secondary N) is 1. The van der Waals surface area contributed by atoms with Crippen molar-refractivity contribution >= 4 is 21.6 Å². The van der Waals surface area contributed by atoms with Gasteiger partial charge in [0.25, 0.3) is 0 Å². The van der Waals surface area contributed by atoms with Crippen molar-refractivity contribution in [3.63, 3.8) is 0 Å². The number of amides is 1. The van der Waals surface area contributed by atoms with Gasteiger partial charge in [-0.2, -0.15) is 17.5 Å². The molecule has 0 saturated carbocycles. The lowest BCUT2D eigenvalue weighted by Crippen LogP contribution is -2.35. The predicted molar refractivity (Wildman–Crippen MR) is 118 cm³/mol. The van der Waals surface area contributed by atoms with Gasteiger partial charge < -0.3 is 5.32 Å². The van der Waals surface area contributed by atoms with E-state index in [4.69, 9.17) is 0 Å². The normalized spacial score (nSPS) is 18.8. The largest absolute Gasteiger partial charge is 0.416 e. The molecule has 33 heavy (non-hydrogen) atoms. The number of alkyl halides is 3. The second-order valence-corrected chi connectivity index (χ2v) is 10.4. The number of rotatable bonds is 4. The number of hydrogen-bond acceptors (Lipinski definition) is 4. The van der Waals surface area contributed by atoms with Crippen LogP contribution in [0.3, 0.4) is 0 Å². The van der Waals surface area contributed by atoms with Crippen LogP contribution in [-0.4, -0.2) is 49.7 Å². The molecule has 0 aliphatic carbocycles. The topological polar surface area (TPSA) is 69.7 Å². The lowest BCUT2D eigenvalue weighted by atomic mass is 10.1. The lowest BCUT2D eigenvalue weighted by Gasteiger charge is -2.22. The summed E-state index contributed by atoms with van der Waals surface area (Å²) in [6.07, 6.45) is -2.01. The van der Waals surface area contributed by atoms with Gasteiger partial charge in [0.2, 0.25) is 15.9 Å². The summed E-state index contributed by atoms with van der Waals surface area (Å²) < 4.78 is 66.3. The van der Waals surface area contributed by atoms with Gasteiger partial charge >= 0.3 is 6.18 Å².